The first-order valence-corrected chi connectivity index (χ1v) is 8.91. The fourth-order valence-corrected chi connectivity index (χ4v) is 5.58. The summed E-state index contributed by atoms with van der Waals surface area (Å²) in [5.41, 5.74) is -0.281. The highest BCUT2D eigenvalue weighted by atomic mass is 32.2. The van der Waals surface area contributed by atoms with Crippen LogP contribution in [0, 0.1) is 5.41 Å². The SMILES string of the molecule is CN(C)CC(=O)NCC(C)(C)S(=O)(=O)C1(C(C)(C)C)CC1. The van der Waals surface area contributed by atoms with Crippen molar-refractivity contribution in [2.24, 2.45) is 5.41 Å². The smallest absolute Gasteiger partial charge is 0.234 e. The Morgan fingerprint density at radius 2 is 1.62 bits per heavy atom. The molecule has 0 atom stereocenters. The van der Waals surface area contributed by atoms with Gasteiger partial charge in [0.2, 0.25) is 5.91 Å². The van der Waals surface area contributed by atoms with Crippen molar-refractivity contribution in [1.29, 1.82) is 0 Å². The van der Waals surface area contributed by atoms with Gasteiger partial charge in [-0.25, -0.2) is 8.42 Å². The zero-order valence-corrected chi connectivity index (χ0v) is 15.2. The van der Waals surface area contributed by atoms with Crippen molar-refractivity contribution in [1.82, 2.24) is 10.2 Å². The topological polar surface area (TPSA) is 66.5 Å². The van der Waals surface area contributed by atoms with E-state index in [1.807, 2.05) is 20.8 Å². The molecule has 5 nitrogen and oxygen atoms in total. The molecule has 1 rings (SSSR count). The van der Waals surface area contributed by atoms with E-state index in [9.17, 15) is 13.2 Å². The molecule has 0 unspecified atom stereocenters. The summed E-state index contributed by atoms with van der Waals surface area (Å²) in [5.74, 6) is -0.149. The lowest BCUT2D eigenvalue weighted by molar-refractivity contribution is -0.121. The van der Waals surface area contributed by atoms with E-state index >= 15 is 0 Å². The molecule has 0 aromatic carbocycles. The van der Waals surface area contributed by atoms with Gasteiger partial charge in [-0.2, -0.15) is 0 Å². The Kier molecular flexibility index (Phi) is 4.86. The van der Waals surface area contributed by atoms with Gasteiger partial charge in [0.25, 0.3) is 0 Å². The predicted octanol–water partition coefficient (Wildman–Crippen LogP) is 1.44. The average molecular weight is 318 g/mol. The Labute approximate surface area is 129 Å². The van der Waals surface area contributed by atoms with Gasteiger partial charge >= 0.3 is 0 Å². The van der Waals surface area contributed by atoms with Gasteiger partial charge in [-0.05, 0) is 46.2 Å². The van der Waals surface area contributed by atoms with Crippen LogP contribution in [0.15, 0.2) is 0 Å². The van der Waals surface area contributed by atoms with Crippen LogP contribution >= 0.6 is 0 Å². The molecule has 1 N–H and O–H groups in total. The largest absolute Gasteiger partial charge is 0.353 e. The van der Waals surface area contributed by atoms with Crippen molar-refractivity contribution in [2.45, 2.75) is 57.0 Å². The van der Waals surface area contributed by atoms with E-state index in [0.29, 0.717) is 12.8 Å². The van der Waals surface area contributed by atoms with Crippen molar-refractivity contribution in [3.63, 3.8) is 0 Å². The summed E-state index contributed by atoms with van der Waals surface area (Å²) >= 11 is 0. The van der Waals surface area contributed by atoms with Crippen LogP contribution in [0.1, 0.15) is 47.5 Å². The molecule has 1 amide bonds. The minimum Gasteiger partial charge on any atom is -0.353 e. The molecule has 1 aliphatic rings. The van der Waals surface area contributed by atoms with Crippen molar-refractivity contribution in [2.75, 3.05) is 27.2 Å². The molecular formula is C15H30N2O3S. The number of amides is 1. The van der Waals surface area contributed by atoms with E-state index in [0.717, 1.165) is 0 Å². The first-order chi connectivity index (χ1) is 9.27. The Morgan fingerprint density at radius 3 is 1.95 bits per heavy atom. The molecule has 0 aliphatic heterocycles. The lowest BCUT2D eigenvalue weighted by Crippen LogP contribution is -2.53. The first kappa shape index (κ1) is 18.4. The van der Waals surface area contributed by atoms with Crippen molar-refractivity contribution >= 4 is 15.7 Å². The number of hydrogen-bond donors (Lipinski definition) is 1. The molecule has 0 radical (unpaired) electrons. The average Bonchev–Trinajstić information content (AvgIpc) is 3.05. The second-order valence-corrected chi connectivity index (χ2v) is 10.9. The highest BCUT2D eigenvalue weighted by Gasteiger charge is 2.65. The highest BCUT2D eigenvalue weighted by Crippen LogP contribution is 2.58. The maximum absolute atomic E-state index is 13.1. The molecule has 21 heavy (non-hydrogen) atoms. The third kappa shape index (κ3) is 3.42. The monoisotopic (exact) mass is 318 g/mol. The van der Waals surface area contributed by atoms with Crippen LogP contribution in [-0.2, 0) is 14.6 Å². The standard InChI is InChI=1S/C15H30N2O3S/c1-13(2,3)15(8-9-15)21(19,20)14(4,5)11-16-12(18)10-17(6)7/h8-11H2,1-7H3,(H,16,18). The number of sulfone groups is 1. The van der Waals surface area contributed by atoms with Crippen LogP contribution in [0.2, 0.25) is 0 Å². The second kappa shape index (κ2) is 5.54. The van der Waals surface area contributed by atoms with Gasteiger partial charge in [0, 0.05) is 6.54 Å². The maximum Gasteiger partial charge on any atom is 0.234 e. The van der Waals surface area contributed by atoms with Crippen LogP contribution in [0.5, 0.6) is 0 Å². The zero-order chi connectivity index (χ0) is 16.7. The quantitative estimate of drug-likeness (QED) is 0.805. The fraction of sp³-hybridized carbons (Fsp3) is 0.933. The second-order valence-electron chi connectivity index (χ2n) is 8.02. The first-order valence-electron chi connectivity index (χ1n) is 7.42. The number of carbonyl (C=O) groups excluding carboxylic acids is 1. The summed E-state index contributed by atoms with van der Waals surface area (Å²) < 4.78 is 24.5. The maximum atomic E-state index is 13.1. The fourth-order valence-electron chi connectivity index (χ4n) is 2.81. The number of likely N-dealkylation sites (N-methyl/N-ethyl adjacent to an activating group) is 1. The lowest BCUT2D eigenvalue weighted by atomic mass is 9.89. The normalized spacial score (nSPS) is 18.7. The van der Waals surface area contributed by atoms with Crippen molar-refractivity contribution in [3.05, 3.63) is 0 Å². The summed E-state index contributed by atoms with van der Waals surface area (Å²) in [4.78, 5) is 13.5. The van der Waals surface area contributed by atoms with Gasteiger partial charge in [-0.15, -0.1) is 0 Å². The van der Waals surface area contributed by atoms with Crippen LogP contribution in [0.4, 0.5) is 0 Å². The van der Waals surface area contributed by atoms with Gasteiger partial charge in [-0.3, -0.25) is 4.79 Å². The molecule has 1 fully saturated rings. The number of rotatable bonds is 6. The molecule has 0 aromatic rings. The van der Waals surface area contributed by atoms with Gasteiger partial charge < -0.3 is 10.2 Å². The Morgan fingerprint density at radius 1 is 1.14 bits per heavy atom. The summed E-state index contributed by atoms with van der Waals surface area (Å²) in [6.07, 6.45) is 1.43. The Hall–Kier alpha value is -0.620. The molecule has 1 aliphatic carbocycles. The van der Waals surface area contributed by atoms with Gasteiger partial charge in [-0.1, -0.05) is 20.8 Å². The summed E-state index contributed by atoms with van der Waals surface area (Å²) in [7, 11) is 0.275. The minimum atomic E-state index is -3.34. The molecule has 0 spiro atoms. The van der Waals surface area contributed by atoms with Gasteiger partial charge in [0.15, 0.2) is 9.84 Å². The molecular weight excluding hydrogens is 288 g/mol. The van der Waals surface area contributed by atoms with E-state index in [4.69, 9.17) is 0 Å². The molecule has 0 heterocycles. The predicted molar refractivity (Wildman–Crippen MR) is 86.0 cm³/mol. The lowest BCUT2D eigenvalue weighted by Gasteiger charge is -2.37. The molecule has 1 saturated carbocycles. The van der Waals surface area contributed by atoms with Crippen LogP contribution in [0.3, 0.4) is 0 Å². The van der Waals surface area contributed by atoms with Crippen molar-refractivity contribution < 1.29 is 13.2 Å². The molecule has 0 bridgehead atoms. The third-order valence-corrected chi connectivity index (χ3v) is 8.13. The summed E-state index contributed by atoms with van der Waals surface area (Å²) in [6, 6.07) is 0. The van der Waals surface area contributed by atoms with E-state index in [1.165, 1.54) is 0 Å². The van der Waals surface area contributed by atoms with Crippen LogP contribution < -0.4 is 5.32 Å². The van der Waals surface area contributed by atoms with E-state index in [-0.39, 0.29) is 24.4 Å². The number of nitrogens with one attached hydrogen (secondary N) is 1. The Bertz CT molecular complexity index is 498. The minimum absolute atomic E-state index is 0.149. The Balaban J connectivity index is 2.85. The number of carbonyl (C=O) groups is 1. The van der Waals surface area contributed by atoms with E-state index < -0.39 is 19.3 Å². The molecule has 0 aromatic heterocycles. The number of hydrogen-bond acceptors (Lipinski definition) is 4. The zero-order valence-electron chi connectivity index (χ0n) is 14.4. The van der Waals surface area contributed by atoms with Gasteiger partial charge in [0.05, 0.1) is 16.0 Å². The van der Waals surface area contributed by atoms with E-state index in [2.05, 4.69) is 5.32 Å². The highest BCUT2D eigenvalue weighted by molar-refractivity contribution is 7.94. The molecule has 124 valence electrons. The molecule has 0 saturated heterocycles. The third-order valence-electron chi connectivity index (χ3n) is 4.48. The summed E-state index contributed by atoms with van der Waals surface area (Å²) in [5, 5.41) is 2.75. The van der Waals surface area contributed by atoms with E-state index in [1.54, 1.807) is 32.8 Å². The van der Waals surface area contributed by atoms with Crippen molar-refractivity contribution in [3.8, 4) is 0 Å². The van der Waals surface area contributed by atoms with Crippen LogP contribution in [0.25, 0.3) is 0 Å². The molecule has 6 heteroatoms. The summed E-state index contributed by atoms with van der Waals surface area (Å²) in [6.45, 7) is 9.79. The van der Waals surface area contributed by atoms with Crippen LogP contribution in [-0.4, -0.2) is 55.9 Å². The number of nitrogens with zero attached hydrogens (tertiary/aromatic N) is 1. The van der Waals surface area contributed by atoms with Gasteiger partial charge in [0.1, 0.15) is 0 Å².